The number of aliphatic hydroxyl groups is 1. The minimum Gasteiger partial charge on any atom is -0.481 e. The van der Waals surface area contributed by atoms with Gasteiger partial charge in [-0.25, -0.2) is 9.97 Å². The Hall–Kier alpha value is -1.16. The quantitative estimate of drug-likeness (QED) is 0.868. The molecular formula is C13H20N2O2. The van der Waals surface area contributed by atoms with Gasteiger partial charge < -0.3 is 9.84 Å². The molecule has 0 aromatic carbocycles. The van der Waals surface area contributed by atoms with E-state index in [1.807, 2.05) is 0 Å². The molecule has 17 heavy (non-hydrogen) atoms. The Labute approximate surface area is 102 Å². The van der Waals surface area contributed by atoms with E-state index in [4.69, 9.17) is 4.74 Å². The molecule has 0 aliphatic heterocycles. The number of rotatable bonds is 4. The molecule has 0 spiro atoms. The van der Waals surface area contributed by atoms with Gasteiger partial charge in [-0.3, -0.25) is 0 Å². The lowest BCUT2D eigenvalue weighted by atomic mass is 9.84. The lowest BCUT2D eigenvalue weighted by Gasteiger charge is -2.26. The Morgan fingerprint density at radius 1 is 1.35 bits per heavy atom. The third-order valence-corrected chi connectivity index (χ3v) is 3.52. The third kappa shape index (κ3) is 3.40. The van der Waals surface area contributed by atoms with Gasteiger partial charge in [0.15, 0.2) is 0 Å². The molecule has 2 rings (SSSR count). The Kier molecular flexibility index (Phi) is 4.31. The van der Waals surface area contributed by atoms with E-state index in [0.717, 1.165) is 18.5 Å². The van der Waals surface area contributed by atoms with E-state index in [1.54, 1.807) is 13.2 Å². The minimum absolute atomic E-state index is 0.282. The Bertz CT molecular complexity index is 351. The highest BCUT2D eigenvalue weighted by Gasteiger charge is 2.22. The Morgan fingerprint density at radius 2 is 2.12 bits per heavy atom. The second kappa shape index (κ2) is 5.96. The summed E-state index contributed by atoms with van der Waals surface area (Å²) >= 11 is 0. The highest BCUT2D eigenvalue weighted by molar-refractivity contribution is 5.14. The lowest BCUT2D eigenvalue weighted by molar-refractivity contribution is 0.0842. The van der Waals surface area contributed by atoms with Crippen LogP contribution in [0.15, 0.2) is 12.4 Å². The predicted octanol–water partition coefficient (Wildman–Crippen LogP) is 1.97. The molecule has 1 saturated carbocycles. The van der Waals surface area contributed by atoms with Gasteiger partial charge >= 0.3 is 0 Å². The molecule has 1 unspecified atom stereocenters. The zero-order valence-corrected chi connectivity index (χ0v) is 10.3. The molecule has 0 radical (unpaired) electrons. The van der Waals surface area contributed by atoms with Crippen LogP contribution in [0.5, 0.6) is 5.88 Å². The fourth-order valence-corrected chi connectivity index (χ4v) is 2.50. The Morgan fingerprint density at radius 3 is 2.82 bits per heavy atom. The van der Waals surface area contributed by atoms with E-state index in [2.05, 4.69) is 9.97 Å². The third-order valence-electron chi connectivity index (χ3n) is 3.52. The zero-order valence-electron chi connectivity index (χ0n) is 10.3. The molecule has 1 heterocycles. The monoisotopic (exact) mass is 236 g/mol. The summed E-state index contributed by atoms with van der Waals surface area (Å²) in [4.78, 5) is 8.13. The summed E-state index contributed by atoms with van der Waals surface area (Å²) in [6, 6.07) is 1.80. The summed E-state index contributed by atoms with van der Waals surface area (Å²) in [6.45, 7) is 0. The van der Waals surface area contributed by atoms with Crippen LogP contribution < -0.4 is 4.74 Å². The van der Waals surface area contributed by atoms with Crippen molar-refractivity contribution >= 4 is 0 Å². The van der Waals surface area contributed by atoms with Crippen LogP contribution >= 0.6 is 0 Å². The van der Waals surface area contributed by atoms with Crippen molar-refractivity contribution < 1.29 is 9.84 Å². The van der Waals surface area contributed by atoms with E-state index in [0.29, 0.717) is 18.2 Å². The SMILES string of the molecule is COc1cc(CC(O)C2CCCCC2)ncn1. The van der Waals surface area contributed by atoms with E-state index in [-0.39, 0.29) is 6.10 Å². The molecule has 1 aliphatic carbocycles. The highest BCUT2D eigenvalue weighted by Crippen LogP contribution is 2.27. The van der Waals surface area contributed by atoms with Crippen molar-refractivity contribution in [3.8, 4) is 5.88 Å². The van der Waals surface area contributed by atoms with Crippen LogP contribution in [0.2, 0.25) is 0 Å². The zero-order chi connectivity index (χ0) is 12.1. The summed E-state index contributed by atoms with van der Waals surface area (Å²) in [5.41, 5.74) is 0.856. The highest BCUT2D eigenvalue weighted by atomic mass is 16.5. The number of methoxy groups -OCH3 is 1. The van der Waals surface area contributed by atoms with Crippen molar-refractivity contribution in [3.05, 3.63) is 18.1 Å². The van der Waals surface area contributed by atoms with Gasteiger partial charge in [0, 0.05) is 12.5 Å². The van der Waals surface area contributed by atoms with E-state index in [9.17, 15) is 5.11 Å². The maximum atomic E-state index is 10.2. The average Bonchev–Trinajstić information content (AvgIpc) is 2.40. The maximum Gasteiger partial charge on any atom is 0.216 e. The standard InChI is InChI=1S/C13H20N2O2/c1-17-13-8-11(14-9-15-13)7-12(16)10-5-3-2-4-6-10/h8-10,12,16H,2-7H2,1H3. The normalized spacial score (nSPS) is 18.9. The smallest absolute Gasteiger partial charge is 0.216 e. The molecule has 1 aliphatic rings. The number of aromatic nitrogens is 2. The number of ether oxygens (including phenoxy) is 1. The van der Waals surface area contributed by atoms with Gasteiger partial charge in [-0.2, -0.15) is 0 Å². The van der Waals surface area contributed by atoms with Crippen molar-refractivity contribution in [2.45, 2.75) is 44.6 Å². The lowest BCUT2D eigenvalue weighted by Crippen LogP contribution is -2.25. The molecule has 4 nitrogen and oxygen atoms in total. The number of hydrogen-bond acceptors (Lipinski definition) is 4. The van der Waals surface area contributed by atoms with Crippen molar-refractivity contribution in [1.29, 1.82) is 0 Å². The van der Waals surface area contributed by atoms with Crippen LogP contribution in [0.25, 0.3) is 0 Å². The number of hydrogen-bond donors (Lipinski definition) is 1. The average molecular weight is 236 g/mol. The van der Waals surface area contributed by atoms with Crippen molar-refractivity contribution in [3.63, 3.8) is 0 Å². The van der Waals surface area contributed by atoms with Gasteiger partial charge in [-0.15, -0.1) is 0 Å². The molecule has 0 bridgehead atoms. The Balaban J connectivity index is 1.94. The van der Waals surface area contributed by atoms with E-state index < -0.39 is 0 Å². The van der Waals surface area contributed by atoms with Crippen molar-refractivity contribution in [2.24, 2.45) is 5.92 Å². The van der Waals surface area contributed by atoms with Crippen LogP contribution in [-0.4, -0.2) is 28.3 Å². The second-order valence-corrected chi connectivity index (χ2v) is 4.72. The van der Waals surface area contributed by atoms with Gasteiger partial charge in [-0.1, -0.05) is 19.3 Å². The molecule has 1 aromatic heterocycles. The van der Waals surface area contributed by atoms with Crippen LogP contribution in [0, 0.1) is 5.92 Å². The molecule has 1 N–H and O–H groups in total. The van der Waals surface area contributed by atoms with Gasteiger partial charge in [0.2, 0.25) is 5.88 Å². The first kappa shape index (κ1) is 12.3. The topological polar surface area (TPSA) is 55.2 Å². The minimum atomic E-state index is -0.282. The summed E-state index contributed by atoms with van der Waals surface area (Å²) < 4.78 is 5.05. The van der Waals surface area contributed by atoms with Crippen LogP contribution in [0.3, 0.4) is 0 Å². The number of aliphatic hydroxyl groups excluding tert-OH is 1. The summed E-state index contributed by atoms with van der Waals surface area (Å²) in [5.74, 6) is 0.996. The number of nitrogens with zero attached hydrogens (tertiary/aromatic N) is 2. The molecule has 94 valence electrons. The fourth-order valence-electron chi connectivity index (χ4n) is 2.50. The van der Waals surface area contributed by atoms with Crippen LogP contribution in [0.4, 0.5) is 0 Å². The predicted molar refractivity (Wildman–Crippen MR) is 64.9 cm³/mol. The molecular weight excluding hydrogens is 216 g/mol. The first-order valence-corrected chi connectivity index (χ1v) is 6.32. The first-order valence-electron chi connectivity index (χ1n) is 6.32. The first-order chi connectivity index (χ1) is 8.29. The molecule has 4 heteroatoms. The van der Waals surface area contributed by atoms with Gasteiger partial charge in [0.05, 0.1) is 18.9 Å². The molecule has 0 saturated heterocycles. The van der Waals surface area contributed by atoms with Crippen LogP contribution in [-0.2, 0) is 6.42 Å². The van der Waals surface area contributed by atoms with Gasteiger partial charge in [-0.05, 0) is 18.8 Å². The van der Waals surface area contributed by atoms with E-state index in [1.165, 1.54) is 25.6 Å². The largest absolute Gasteiger partial charge is 0.481 e. The van der Waals surface area contributed by atoms with E-state index >= 15 is 0 Å². The summed E-state index contributed by atoms with van der Waals surface area (Å²) in [7, 11) is 1.59. The summed E-state index contributed by atoms with van der Waals surface area (Å²) in [5, 5.41) is 10.2. The summed E-state index contributed by atoms with van der Waals surface area (Å²) in [6.07, 6.45) is 7.89. The second-order valence-electron chi connectivity index (χ2n) is 4.72. The molecule has 0 amide bonds. The van der Waals surface area contributed by atoms with Crippen LogP contribution in [0.1, 0.15) is 37.8 Å². The fraction of sp³-hybridized carbons (Fsp3) is 0.692. The van der Waals surface area contributed by atoms with Crippen molar-refractivity contribution in [1.82, 2.24) is 9.97 Å². The van der Waals surface area contributed by atoms with Crippen molar-refractivity contribution in [2.75, 3.05) is 7.11 Å². The molecule has 1 atom stereocenters. The van der Waals surface area contributed by atoms with Gasteiger partial charge in [0.25, 0.3) is 0 Å². The maximum absolute atomic E-state index is 10.2. The molecule has 1 aromatic rings. The molecule has 1 fully saturated rings. The van der Waals surface area contributed by atoms with Gasteiger partial charge in [0.1, 0.15) is 6.33 Å².